The number of primary amides is 1. The molecule has 4 N–H and O–H groups in total. The Hall–Kier alpha value is -3.88. The third-order valence-corrected chi connectivity index (χ3v) is 5.90. The minimum absolute atomic E-state index is 0.0388. The molecule has 37 heavy (non-hydrogen) atoms. The first-order valence-corrected chi connectivity index (χ1v) is 12.2. The lowest BCUT2D eigenvalue weighted by Crippen LogP contribution is -2.52. The lowest BCUT2D eigenvalue weighted by atomic mass is 9.95. The van der Waals surface area contributed by atoms with Crippen LogP contribution >= 0.6 is 0 Å². The number of benzene rings is 2. The van der Waals surface area contributed by atoms with Crippen molar-refractivity contribution in [2.45, 2.75) is 71.7 Å². The molecule has 2 rings (SSSR count). The Kier molecular flexibility index (Phi) is 10.2. The molecule has 0 bridgehead atoms. The number of nitrogens with two attached hydrogens (primary N) is 1. The maximum absolute atomic E-state index is 13.7. The van der Waals surface area contributed by atoms with Gasteiger partial charge in [0, 0.05) is 20.0 Å². The van der Waals surface area contributed by atoms with Crippen molar-refractivity contribution in [1.29, 1.82) is 0 Å². The normalized spacial score (nSPS) is 12.7. The number of carbonyl (C=O) groups is 4. The highest BCUT2D eigenvalue weighted by Gasteiger charge is 2.35. The Bertz CT molecular complexity index is 1110. The highest BCUT2D eigenvalue weighted by Crippen LogP contribution is 2.26. The maximum atomic E-state index is 13.7. The van der Waals surface area contributed by atoms with E-state index in [4.69, 9.17) is 10.5 Å². The molecule has 0 saturated carbocycles. The minimum atomic E-state index is -1.12. The van der Waals surface area contributed by atoms with E-state index in [2.05, 4.69) is 10.6 Å². The minimum Gasteiger partial charge on any atom is -0.444 e. The van der Waals surface area contributed by atoms with E-state index < -0.39 is 35.6 Å². The van der Waals surface area contributed by atoms with Crippen molar-refractivity contribution in [2.24, 2.45) is 5.73 Å². The lowest BCUT2D eigenvalue weighted by molar-refractivity contribution is -0.141. The number of rotatable bonds is 10. The van der Waals surface area contributed by atoms with Crippen molar-refractivity contribution < 1.29 is 23.9 Å². The van der Waals surface area contributed by atoms with Gasteiger partial charge in [-0.05, 0) is 63.3 Å². The Morgan fingerprint density at radius 3 is 2.24 bits per heavy atom. The summed E-state index contributed by atoms with van der Waals surface area (Å²) in [4.78, 5) is 52.4. The number of nitrogens with zero attached hydrogens (tertiary/aromatic N) is 1. The molecule has 0 heterocycles. The lowest BCUT2D eigenvalue weighted by Gasteiger charge is -2.32. The van der Waals surface area contributed by atoms with E-state index >= 15 is 0 Å². The number of carbonyl (C=O) groups excluding carboxylic acids is 4. The highest BCUT2D eigenvalue weighted by atomic mass is 16.6. The topological polar surface area (TPSA) is 131 Å². The highest BCUT2D eigenvalue weighted by molar-refractivity contribution is 5.92. The van der Waals surface area contributed by atoms with Gasteiger partial charge in [-0.15, -0.1) is 0 Å². The zero-order chi connectivity index (χ0) is 27.8. The molecule has 9 nitrogen and oxygen atoms in total. The van der Waals surface area contributed by atoms with Crippen LogP contribution in [0.5, 0.6) is 0 Å². The van der Waals surface area contributed by atoms with Crippen LogP contribution in [0.4, 0.5) is 4.79 Å². The first kappa shape index (κ1) is 29.4. The van der Waals surface area contributed by atoms with Crippen molar-refractivity contribution in [3.05, 3.63) is 70.8 Å². The first-order chi connectivity index (χ1) is 17.3. The van der Waals surface area contributed by atoms with Gasteiger partial charge in [-0.3, -0.25) is 14.4 Å². The molecule has 0 spiro atoms. The number of aryl methyl sites for hydroxylation is 1. The van der Waals surface area contributed by atoms with Crippen LogP contribution in [-0.4, -0.2) is 47.4 Å². The second-order valence-corrected chi connectivity index (χ2v) is 10.0. The van der Waals surface area contributed by atoms with Gasteiger partial charge in [-0.1, -0.05) is 48.5 Å². The summed E-state index contributed by atoms with van der Waals surface area (Å²) in [5.74, 6) is -1.54. The summed E-state index contributed by atoms with van der Waals surface area (Å²) in [6.45, 7) is 9.21. The number of hydrogen-bond acceptors (Lipinski definition) is 5. The molecule has 2 aromatic carbocycles. The summed E-state index contributed by atoms with van der Waals surface area (Å²) in [6.07, 6.45) is -0.974. The van der Waals surface area contributed by atoms with Crippen LogP contribution in [0.2, 0.25) is 0 Å². The molecule has 0 aliphatic rings. The van der Waals surface area contributed by atoms with Gasteiger partial charge in [-0.25, -0.2) is 4.79 Å². The SMILES string of the molecule is Cc1cccc(C(C(=O)NCc2ccccc2)N(C)C(=O)C(CCC(N)=O)NC(=O)OC(C)(C)C)c1C. The second-order valence-electron chi connectivity index (χ2n) is 10.0. The van der Waals surface area contributed by atoms with Crippen LogP contribution in [0.1, 0.15) is 61.9 Å². The van der Waals surface area contributed by atoms with Crippen molar-refractivity contribution >= 4 is 23.8 Å². The van der Waals surface area contributed by atoms with Gasteiger partial charge in [0.05, 0.1) is 0 Å². The molecule has 0 aromatic heterocycles. The molecule has 2 atom stereocenters. The molecule has 0 aliphatic heterocycles. The average molecular weight is 511 g/mol. The van der Waals surface area contributed by atoms with E-state index in [9.17, 15) is 19.2 Å². The molecule has 200 valence electrons. The van der Waals surface area contributed by atoms with E-state index in [0.29, 0.717) is 5.56 Å². The van der Waals surface area contributed by atoms with Crippen LogP contribution in [0.3, 0.4) is 0 Å². The molecule has 4 amide bonds. The number of nitrogens with one attached hydrogen (secondary N) is 2. The van der Waals surface area contributed by atoms with Crippen LogP contribution in [-0.2, 0) is 25.7 Å². The molecule has 0 radical (unpaired) electrons. The zero-order valence-corrected chi connectivity index (χ0v) is 22.5. The number of ether oxygens (including phenoxy) is 1. The molecule has 2 aromatic rings. The fraction of sp³-hybridized carbons (Fsp3) is 0.429. The third-order valence-electron chi connectivity index (χ3n) is 5.90. The Labute approximate surface area is 218 Å². The van der Waals surface area contributed by atoms with Crippen LogP contribution in [0.25, 0.3) is 0 Å². The standard InChI is InChI=1S/C28H38N4O5/c1-18-11-10-14-21(19(18)2)24(25(34)30-17-20-12-8-7-9-13-20)32(6)26(35)22(15-16-23(29)33)31-27(36)37-28(3,4)5/h7-14,22,24H,15-17H2,1-6H3,(H2,29,33)(H,30,34)(H,31,36). The van der Waals surface area contributed by atoms with Gasteiger partial charge >= 0.3 is 6.09 Å². The van der Waals surface area contributed by atoms with Gasteiger partial charge in [0.15, 0.2) is 0 Å². The third kappa shape index (κ3) is 8.93. The molecule has 0 fully saturated rings. The maximum Gasteiger partial charge on any atom is 0.408 e. The summed E-state index contributed by atoms with van der Waals surface area (Å²) in [6, 6.07) is 12.9. The van der Waals surface area contributed by atoms with Crippen molar-refractivity contribution in [2.75, 3.05) is 7.05 Å². The van der Waals surface area contributed by atoms with E-state index in [1.807, 2.05) is 56.3 Å². The monoisotopic (exact) mass is 510 g/mol. The van der Waals surface area contributed by atoms with Gasteiger partial charge in [-0.2, -0.15) is 0 Å². The number of alkyl carbamates (subject to hydrolysis) is 1. The van der Waals surface area contributed by atoms with Crippen molar-refractivity contribution in [3.63, 3.8) is 0 Å². The van der Waals surface area contributed by atoms with Gasteiger partial charge in [0.25, 0.3) is 0 Å². The van der Waals surface area contributed by atoms with Gasteiger partial charge in [0.1, 0.15) is 17.7 Å². The molecular formula is C28H38N4O5. The number of hydrogen-bond donors (Lipinski definition) is 3. The summed E-state index contributed by atoms with van der Waals surface area (Å²) >= 11 is 0. The predicted molar refractivity (Wildman–Crippen MR) is 141 cm³/mol. The van der Waals surface area contributed by atoms with E-state index in [1.165, 1.54) is 11.9 Å². The Morgan fingerprint density at radius 1 is 1.00 bits per heavy atom. The van der Waals surface area contributed by atoms with E-state index in [1.54, 1.807) is 26.8 Å². The summed E-state index contributed by atoms with van der Waals surface area (Å²) in [5, 5.41) is 5.47. The van der Waals surface area contributed by atoms with Crippen LogP contribution in [0.15, 0.2) is 48.5 Å². The zero-order valence-electron chi connectivity index (χ0n) is 22.5. The smallest absolute Gasteiger partial charge is 0.408 e. The fourth-order valence-electron chi connectivity index (χ4n) is 3.84. The number of likely N-dealkylation sites (N-methyl/N-ethyl adjacent to an activating group) is 1. The second kappa shape index (κ2) is 12.9. The number of amides is 4. The summed E-state index contributed by atoms with van der Waals surface area (Å²) in [5.41, 5.74) is 7.93. The van der Waals surface area contributed by atoms with Crippen molar-refractivity contribution in [1.82, 2.24) is 15.5 Å². The Balaban J connectivity index is 2.38. The quantitative estimate of drug-likeness (QED) is 0.452. The van der Waals surface area contributed by atoms with Crippen molar-refractivity contribution in [3.8, 4) is 0 Å². The largest absolute Gasteiger partial charge is 0.444 e. The molecular weight excluding hydrogens is 472 g/mol. The Morgan fingerprint density at radius 2 is 1.65 bits per heavy atom. The summed E-state index contributed by atoms with van der Waals surface area (Å²) < 4.78 is 5.30. The fourth-order valence-corrected chi connectivity index (χ4v) is 3.84. The van der Waals surface area contributed by atoms with Crippen LogP contribution in [0, 0.1) is 13.8 Å². The molecule has 0 aliphatic carbocycles. The summed E-state index contributed by atoms with van der Waals surface area (Å²) in [7, 11) is 1.50. The molecule has 0 saturated heterocycles. The first-order valence-electron chi connectivity index (χ1n) is 12.2. The average Bonchev–Trinajstić information content (AvgIpc) is 2.82. The van der Waals surface area contributed by atoms with Crippen LogP contribution < -0.4 is 16.4 Å². The predicted octanol–water partition coefficient (Wildman–Crippen LogP) is 3.28. The molecule has 2 unspecified atom stereocenters. The molecule has 9 heteroatoms. The van der Waals surface area contributed by atoms with E-state index in [-0.39, 0.29) is 25.3 Å². The van der Waals surface area contributed by atoms with Gasteiger partial charge < -0.3 is 26.0 Å². The van der Waals surface area contributed by atoms with Gasteiger partial charge in [0.2, 0.25) is 17.7 Å². The van der Waals surface area contributed by atoms with E-state index in [0.717, 1.165) is 16.7 Å².